The van der Waals surface area contributed by atoms with Gasteiger partial charge < -0.3 is 9.47 Å². The van der Waals surface area contributed by atoms with Crippen molar-refractivity contribution in [2.24, 2.45) is 11.8 Å². The Bertz CT molecular complexity index is 918. The Kier molecular flexibility index (Phi) is 9.36. The molecule has 0 unspecified atom stereocenters. The topological polar surface area (TPSA) is 18.5 Å². The van der Waals surface area contributed by atoms with Gasteiger partial charge in [0.2, 0.25) is 0 Å². The fourth-order valence-corrected chi connectivity index (χ4v) is 4.69. The van der Waals surface area contributed by atoms with E-state index in [-0.39, 0.29) is 0 Å². The number of halogens is 6. The zero-order chi connectivity index (χ0) is 25.5. The van der Waals surface area contributed by atoms with Gasteiger partial charge in [-0.1, -0.05) is 70.4 Å². The second-order valence-electron chi connectivity index (χ2n) is 9.38. The van der Waals surface area contributed by atoms with Crippen LogP contribution >= 0.6 is 0 Å². The summed E-state index contributed by atoms with van der Waals surface area (Å²) >= 11 is 0. The molecule has 0 amide bonds. The first-order chi connectivity index (χ1) is 16.6. The van der Waals surface area contributed by atoms with Gasteiger partial charge in [0.05, 0.1) is 5.56 Å². The summed E-state index contributed by atoms with van der Waals surface area (Å²) in [5.74, 6) is -1.68. The summed E-state index contributed by atoms with van der Waals surface area (Å²) in [6.45, 7) is 2.22. The number of aryl methyl sites for hydroxylation is 1. The Hall–Kier alpha value is -2.38. The summed E-state index contributed by atoms with van der Waals surface area (Å²) in [5.41, 5.74) is 0.527. The first kappa shape index (κ1) is 27.2. The minimum absolute atomic E-state index is 0.426. The lowest BCUT2D eigenvalue weighted by atomic mass is 9.78. The molecule has 194 valence electrons. The molecule has 0 N–H and O–H groups in total. The molecule has 35 heavy (non-hydrogen) atoms. The molecule has 8 heteroatoms. The van der Waals surface area contributed by atoms with Crippen molar-refractivity contribution in [1.29, 1.82) is 0 Å². The van der Waals surface area contributed by atoms with Crippen LogP contribution in [-0.4, -0.2) is 6.36 Å². The largest absolute Gasteiger partial charge is 0.573 e. The van der Waals surface area contributed by atoms with Crippen molar-refractivity contribution in [3.05, 3.63) is 59.4 Å². The molecule has 0 saturated heterocycles. The highest BCUT2D eigenvalue weighted by atomic mass is 19.4. The summed E-state index contributed by atoms with van der Waals surface area (Å²) in [7, 11) is 0. The molecule has 0 aromatic heterocycles. The number of unbranched alkanes of at least 4 members (excludes halogenated alkanes) is 2. The Balaban J connectivity index is 1.49. The van der Waals surface area contributed by atoms with E-state index in [1.165, 1.54) is 63.5 Å². The van der Waals surface area contributed by atoms with Crippen LogP contribution in [-0.2, 0) is 12.5 Å². The van der Waals surface area contributed by atoms with E-state index in [0.29, 0.717) is 18.1 Å². The lowest BCUT2D eigenvalue weighted by molar-refractivity contribution is -0.275. The zero-order valence-corrected chi connectivity index (χ0v) is 19.9. The fourth-order valence-electron chi connectivity index (χ4n) is 4.69. The molecule has 3 rings (SSSR count). The third-order valence-electron chi connectivity index (χ3n) is 6.69. The number of rotatable bonds is 11. The predicted molar refractivity (Wildman–Crippen MR) is 122 cm³/mol. The van der Waals surface area contributed by atoms with Crippen LogP contribution in [0.4, 0.5) is 26.3 Å². The molecule has 0 radical (unpaired) electrons. The van der Waals surface area contributed by atoms with E-state index in [9.17, 15) is 26.3 Å². The highest BCUT2D eigenvalue weighted by Gasteiger charge is 2.36. The van der Waals surface area contributed by atoms with E-state index in [2.05, 4.69) is 16.4 Å². The fraction of sp³-hybridized carbons (Fsp3) is 0.556. The molecule has 1 aliphatic rings. The van der Waals surface area contributed by atoms with Crippen molar-refractivity contribution >= 4 is 0 Å². The normalized spacial score (nSPS) is 18.9. The molecule has 1 saturated carbocycles. The summed E-state index contributed by atoms with van der Waals surface area (Å²) in [4.78, 5) is 0. The van der Waals surface area contributed by atoms with Crippen LogP contribution in [0, 0.1) is 17.7 Å². The smallest absolute Gasteiger partial charge is 0.429 e. The lowest BCUT2D eigenvalue weighted by Crippen LogP contribution is -2.22. The van der Waals surface area contributed by atoms with Crippen molar-refractivity contribution < 1.29 is 35.8 Å². The molecule has 0 heterocycles. The van der Waals surface area contributed by atoms with Gasteiger partial charge in [-0.05, 0) is 54.5 Å². The van der Waals surface area contributed by atoms with Crippen molar-refractivity contribution in [3.63, 3.8) is 0 Å². The highest BCUT2D eigenvalue weighted by molar-refractivity contribution is 5.34. The van der Waals surface area contributed by atoms with E-state index >= 15 is 0 Å². The van der Waals surface area contributed by atoms with Gasteiger partial charge in [-0.2, -0.15) is 8.78 Å². The molecule has 2 nitrogen and oxygen atoms in total. The molecular weight excluding hydrogens is 470 g/mol. The average molecular weight is 503 g/mol. The van der Waals surface area contributed by atoms with Gasteiger partial charge >= 0.3 is 12.5 Å². The maximum absolute atomic E-state index is 14.5. The molecule has 0 atom stereocenters. The zero-order valence-electron chi connectivity index (χ0n) is 19.9. The van der Waals surface area contributed by atoms with Crippen LogP contribution in [0.25, 0.3) is 0 Å². The molecule has 1 aliphatic carbocycles. The second kappa shape index (κ2) is 12.0. The third-order valence-corrected chi connectivity index (χ3v) is 6.69. The lowest BCUT2D eigenvalue weighted by Gasteiger charge is -2.28. The van der Waals surface area contributed by atoms with Gasteiger partial charge in [0.25, 0.3) is 0 Å². The van der Waals surface area contributed by atoms with Gasteiger partial charge in [0.1, 0.15) is 5.75 Å². The van der Waals surface area contributed by atoms with Crippen molar-refractivity contribution in [2.75, 3.05) is 0 Å². The number of alkyl halides is 5. The maximum atomic E-state index is 14.5. The van der Waals surface area contributed by atoms with Crippen LogP contribution in [0.3, 0.4) is 0 Å². The summed E-state index contributed by atoms with van der Waals surface area (Å²) in [5, 5.41) is 0. The van der Waals surface area contributed by atoms with Crippen LogP contribution in [0.5, 0.6) is 11.5 Å². The molecular formula is C27H32F6O2. The Morgan fingerprint density at radius 1 is 0.800 bits per heavy atom. The Morgan fingerprint density at radius 2 is 1.43 bits per heavy atom. The maximum Gasteiger partial charge on any atom is 0.573 e. The second-order valence-corrected chi connectivity index (χ2v) is 9.38. The van der Waals surface area contributed by atoms with E-state index in [0.717, 1.165) is 30.4 Å². The quantitative estimate of drug-likeness (QED) is 0.225. The van der Waals surface area contributed by atoms with Crippen molar-refractivity contribution in [1.82, 2.24) is 0 Å². The summed E-state index contributed by atoms with van der Waals surface area (Å²) in [6.07, 6.45) is 3.17. The minimum Gasteiger partial charge on any atom is -0.429 e. The van der Waals surface area contributed by atoms with Gasteiger partial charge in [0.15, 0.2) is 11.6 Å². The van der Waals surface area contributed by atoms with Gasteiger partial charge in [0, 0.05) is 6.07 Å². The molecule has 0 spiro atoms. The average Bonchev–Trinajstić information content (AvgIpc) is 2.80. The van der Waals surface area contributed by atoms with Crippen molar-refractivity contribution in [3.8, 4) is 11.5 Å². The van der Waals surface area contributed by atoms with E-state index in [4.69, 9.17) is 0 Å². The number of hydrogen-bond donors (Lipinski definition) is 0. The monoisotopic (exact) mass is 502 g/mol. The number of ether oxygens (including phenoxy) is 2. The van der Waals surface area contributed by atoms with E-state index in [1.54, 1.807) is 12.1 Å². The number of benzene rings is 2. The van der Waals surface area contributed by atoms with Crippen LogP contribution < -0.4 is 9.47 Å². The summed E-state index contributed by atoms with van der Waals surface area (Å²) in [6, 6.07) is 7.60. The first-order valence-corrected chi connectivity index (χ1v) is 12.3. The van der Waals surface area contributed by atoms with Crippen molar-refractivity contribution in [2.45, 2.75) is 83.6 Å². The van der Waals surface area contributed by atoms with E-state index in [1.807, 2.05) is 0 Å². The van der Waals surface area contributed by atoms with E-state index < -0.39 is 35.4 Å². The van der Waals surface area contributed by atoms with Gasteiger partial charge in [-0.15, -0.1) is 13.2 Å². The van der Waals surface area contributed by atoms with Crippen LogP contribution in [0.15, 0.2) is 42.5 Å². The van der Waals surface area contributed by atoms with Gasteiger partial charge in [-0.25, -0.2) is 4.39 Å². The van der Waals surface area contributed by atoms with Crippen LogP contribution in [0.1, 0.15) is 75.8 Å². The molecule has 1 fully saturated rings. The standard InChI is InChI=1S/C27H32F6O2/c1-2-3-4-5-19-6-8-20(9-7-19)10-11-21-12-14-22(15-13-21)26(29,30)34-23-16-17-25(24(28)18-23)35-27(31,32)33/h12-20H,2-11H2,1H3. The predicted octanol–water partition coefficient (Wildman–Crippen LogP) is 9.17. The summed E-state index contributed by atoms with van der Waals surface area (Å²) < 4.78 is 87.7. The molecule has 0 bridgehead atoms. The third kappa shape index (κ3) is 8.65. The highest BCUT2D eigenvalue weighted by Crippen LogP contribution is 2.36. The van der Waals surface area contributed by atoms with Gasteiger partial charge in [-0.3, -0.25) is 0 Å². The molecule has 2 aromatic carbocycles. The Labute approximate surface area is 202 Å². The SMILES string of the molecule is CCCCCC1CCC(CCc2ccc(C(F)(F)Oc3ccc(OC(F)(F)F)c(F)c3)cc2)CC1. The minimum atomic E-state index is -5.09. The van der Waals surface area contributed by atoms with Crippen LogP contribution in [0.2, 0.25) is 0 Å². The molecule has 0 aliphatic heterocycles. The first-order valence-electron chi connectivity index (χ1n) is 12.3. The molecule has 2 aromatic rings. The number of hydrogen-bond acceptors (Lipinski definition) is 2. The Morgan fingerprint density at radius 3 is 2.00 bits per heavy atom.